The van der Waals surface area contributed by atoms with E-state index in [2.05, 4.69) is 0 Å². The number of para-hydroxylation sites is 1. The molecule has 2 saturated heterocycles. The van der Waals surface area contributed by atoms with Crippen LogP contribution in [0.3, 0.4) is 0 Å². The summed E-state index contributed by atoms with van der Waals surface area (Å²) in [6, 6.07) is 5.37. The van der Waals surface area contributed by atoms with Crippen LogP contribution in [0.1, 0.15) is 38.5 Å². The van der Waals surface area contributed by atoms with Gasteiger partial charge in [0.15, 0.2) is 4.90 Å². The van der Waals surface area contributed by atoms with Crippen LogP contribution in [0.5, 0.6) is 0 Å². The molecule has 9 heteroatoms. The second-order valence-electron chi connectivity index (χ2n) is 7.17. The standard InChI is InChI=1S/C18H25N3O5S/c22-18(19-11-5-1-2-6-12-19)15-8-7-13-20(14-15)27(25,26)17-10-4-3-9-16(17)21(23)24/h3-4,9-10,15H,1-2,5-8,11-14H2. The molecule has 148 valence electrons. The molecule has 0 saturated carbocycles. The highest BCUT2D eigenvalue weighted by atomic mass is 32.2. The summed E-state index contributed by atoms with van der Waals surface area (Å²) >= 11 is 0. The van der Waals surface area contributed by atoms with Crippen LogP contribution in [0.25, 0.3) is 0 Å². The number of likely N-dealkylation sites (tertiary alicyclic amines) is 1. The second-order valence-corrected chi connectivity index (χ2v) is 9.07. The van der Waals surface area contributed by atoms with Gasteiger partial charge in [-0.15, -0.1) is 0 Å². The monoisotopic (exact) mass is 395 g/mol. The van der Waals surface area contributed by atoms with Crippen LogP contribution in [-0.4, -0.2) is 54.6 Å². The summed E-state index contributed by atoms with van der Waals surface area (Å²) < 4.78 is 27.3. The maximum atomic E-state index is 13.0. The number of rotatable bonds is 4. The largest absolute Gasteiger partial charge is 0.342 e. The molecule has 1 aromatic rings. The van der Waals surface area contributed by atoms with Gasteiger partial charge in [-0.1, -0.05) is 25.0 Å². The van der Waals surface area contributed by atoms with Gasteiger partial charge in [0.2, 0.25) is 15.9 Å². The highest BCUT2D eigenvalue weighted by molar-refractivity contribution is 7.89. The molecule has 1 unspecified atom stereocenters. The summed E-state index contributed by atoms with van der Waals surface area (Å²) in [6.07, 6.45) is 5.43. The number of nitro benzene ring substituents is 1. The molecular formula is C18H25N3O5S. The van der Waals surface area contributed by atoms with Crippen molar-refractivity contribution in [2.45, 2.75) is 43.4 Å². The Morgan fingerprint density at radius 1 is 1.04 bits per heavy atom. The fourth-order valence-electron chi connectivity index (χ4n) is 3.88. The van der Waals surface area contributed by atoms with E-state index in [-0.39, 0.29) is 29.8 Å². The van der Waals surface area contributed by atoms with E-state index in [4.69, 9.17) is 0 Å². The lowest BCUT2D eigenvalue weighted by atomic mass is 9.98. The van der Waals surface area contributed by atoms with Crippen LogP contribution in [0.15, 0.2) is 29.2 Å². The molecule has 0 aromatic heterocycles. The Balaban J connectivity index is 1.79. The molecule has 1 aromatic carbocycles. The molecule has 2 fully saturated rings. The van der Waals surface area contributed by atoms with Gasteiger partial charge in [0.25, 0.3) is 5.69 Å². The molecule has 2 aliphatic heterocycles. The topological polar surface area (TPSA) is 101 Å². The van der Waals surface area contributed by atoms with Crippen molar-refractivity contribution in [2.24, 2.45) is 5.92 Å². The predicted molar refractivity (Wildman–Crippen MR) is 99.6 cm³/mol. The van der Waals surface area contributed by atoms with E-state index in [9.17, 15) is 23.3 Å². The van der Waals surface area contributed by atoms with Gasteiger partial charge in [-0.2, -0.15) is 4.31 Å². The van der Waals surface area contributed by atoms with E-state index < -0.39 is 20.6 Å². The van der Waals surface area contributed by atoms with Gasteiger partial charge < -0.3 is 4.90 Å². The van der Waals surface area contributed by atoms with E-state index in [1.165, 1.54) is 28.6 Å². The molecular weight excluding hydrogens is 370 g/mol. The van der Waals surface area contributed by atoms with Crippen LogP contribution in [0.2, 0.25) is 0 Å². The fraction of sp³-hybridized carbons (Fsp3) is 0.611. The van der Waals surface area contributed by atoms with Gasteiger partial charge in [-0.3, -0.25) is 14.9 Å². The number of hydrogen-bond acceptors (Lipinski definition) is 5. The smallest absolute Gasteiger partial charge is 0.289 e. The zero-order valence-electron chi connectivity index (χ0n) is 15.2. The molecule has 1 amide bonds. The zero-order chi connectivity index (χ0) is 19.4. The molecule has 3 rings (SSSR count). The van der Waals surface area contributed by atoms with Gasteiger partial charge in [-0.25, -0.2) is 8.42 Å². The molecule has 0 spiro atoms. The van der Waals surface area contributed by atoms with E-state index in [1.807, 2.05) is 4.90 Å². The molecule has 0 N–H and O–H groups in total. The number of benzene rings is 1. The maximum Gasteiger partial charge on any atom is 0.289 e. The van der Waals surface area contributed by atoms with Crippen molar-refractivity contribution < 1.29 is 18.1 Å². The van der Waals surface area contributed by atoms with Gasteiger partial charge in [0, 0.05) is 32.2 Å². The molecule has 2 aliphatic rings. The molecule has 0 aliphatic carbocycles. The third-order valence-electron chi connectivity index (χ3n) is 5.33. The summed E-state index contributed by atoms with van der Waals surface area (Å²) in [5, 5.41) is 11.2. The first-order valence-electron chi connectivity index (χ1n) is 9.43. The maximum absolute atomic E-state index is 13.0. The normalized spacial score (nSPS) is 22.2. The average molecular weight is 395 g/mol. The first-order valence-corrected chi connectivity index (χ1v) is 10.9. The van der Waals surface area contributed by atoms with Crippen molar-refractivity contribution in [1.29, 1.82) is 0 Å². The lowest BCUT2D eigenvalue weighted by Crippen LogP contribution is -2.47. The number of hydrogen-bond donors (Lipinski definition) is 0. The minimum absolute atomic E-state index is 0.0133. The lowest BCUT2D eigenvalue weighted by molar-refractivity contribution is -0.387. The molecule has 0 bridgehead atoms. The highest BCUT2D eigenvalue weighted by Gasteiger charge is 2.37. The minimum atomic E-state index is -4.02. The Hall–Kier alpha value is -2.00. The summed E-state index contributed by atoms with van der Waals surface area (Å²) in [7, 11) is -4.02. The molecule has 0 radical (unpaired) electrons. The fourth-order valence-corrected chi connectivity index (χ4v) is 5.56. The van der Waals surface area contributed by atoms with Crippen molar-refractivity contribution in [3.8, 4) is 0 Å². The van der Waals surface area contributed by atoms with Crippen molar-refractivity contribution in [3.63, 3.8) is 0 Å². The van der Waals surface area contributed by atoms with Crippen LogP contribution in [-0.2, 0) is 14.8 Å². The Bertz CT molecular complexity index is 803. The number of nitrogens with zero attached hydrogens (tertiary/aromatic N) is 3. The van der Waals surface area contributed by atoms with Crippen molar-refractivity contribution >= 4 is 21.6 Å². The summed E-state index contributed by atoms with van der Waals surface area (Å²) in [5.74, 6) is -0.367. The Kier molecular flexibility index (Phi) is 6.11. The number of carbonyl (C=O) groups excluding carboxylic acids is 1. The predicted octanol–water partition coefficient (Wildman–Crippen LogP) is 2.40. The number of amides is 1. The van der Waals surface area contributed by atoms with Crippen LogP contribution < -0.4 is 0 Å². The van der Waals surface area contributed by atoms with Crippen molar-refractivity contribution in [1.82, 2.24) is 9.21 Å². The summed E-state index contributed by atoms with van der Waals surface area (Å²) in [4.78, 5) is 25.0. The van der Waals surface area contributed by atoms with E-state index in [0.717, 1.165) is 38.8 Å². The number of sulfonamides is 1. The second kappa shape index (κ2) is 8.35. The van der Waals surface area contributed by atoms with Crippen LogP contribution in [0.4, 0.5) is 5.69 Å². The minimum Gasteiger partial charge on any atom is -0.342 e. The number of piperidine rings is 1. The third-order valence-corrected chi connectivity index (χ3v) is 7.24. The first-order chi connectivity index (χ1) is 12.9. The van der Waals surface area contributed by atoms with Gasteiger partial charge in [-0.05, 0) is 31.7 Å². The quantitative estimate of drug-likeness (QED) is 0.575. The van der Waals surface area contributed by atoms with Crippen LogP contribution in [0, 0.1) is 16.0 Å². The highest BCUT2D eigenvalue weighted by Crippen LogP contribution is 2.30. The number of carbonyl (C=O) groups is 1. The zero-order valence-corrected chi connectivity index (χ0v) is 16.1. The van der Waals surface area contributed by atoms with E-state index >= 15 is 0 Å². The van der Waals surface area contributed by atoms with Crippen LogP contribution >= 0.6 is 0 Å². The van der Waals surface area contributed by atoms with Gasteiger partial charge >= 0.3 is 0 Å². The van der Waals surface area contributed by atoms with E-state index in [1.54, 1.807) is 0 Å². The van der Waals surface area contributed by atoms with Crippen molar-refractivity contribution in [2.75, 3.05) is 26.2 Å². The average Bonchev–Trinajstić information content (AvgIpc) is 2.97. The number of nitro groups is 1. The first kappa shape index (κ1) is 19.8. The summed E-state index contributed by atoms with van der Waals surface area (Å²) in [6.45, 7) is 1.82. The summed E-state index contributed by atoms with van der Waals surface area (Å²) in [5.41, 5.74) is -0.432. The van der Waals surface area contributed by atoms with Gasteiger partial charge in [0.1, 0.15) is 0 Å². The molecule has 1 atom stereocenters. The Morgan fingerprint density at radius 2 is 1.70 bits per heavy atom. The van der Waals surface area contributed by atoms with Crippen molar-refractivity contribution in [3.05, 3.63) is 34.4 Å². The SMILES string of the molecule is O=C(C1CCCN(S(=O)(=O)c2ccccc2[N+](=O)[O-])C1)N1CCCCCC1. The van der Waals surface area contributed by atoms with Gasteiger partial charge in [0.05, 0.1) is 10.8 Å². The molecule has 2 heterocycles. The molecule has 8 nitrogen and oxygen atoms in total. The molecule has 27 heavy (non-hydrogen) atoms. The lowest BCUT2D eigenvalue weighted by Gasteiger charge is -2.34. The third kappa shape index (κ3) is 4.30. The Morgan fingerprint density at radius 3 is 2.37 bits per heavy atom. The van der Waals surface area contributed by atoms with E-state index in [0.29, 0.717) is 12.8 Å². The Labute approximate surface area is 159 Å².